The van der Waals surface area contributed by atoms with E-state index in [1.165, 1.54) is 42.5 Å². The fourth-order valence-corrected chi connectivity index (χ4v) is 2.96. The van der Waals surface area contributed by atoms with Gasteiger partial charge >= 0.3 is 0 Å². The van der Waals surface area contributed by atoms with E-state index in [-0.39, 0.29) is 0 Å². The Labute approximate surface area is 121 Å². The molecule has 0 saturated heterocycles. The van der Waals surface area contributed by atoms with E-state index in [0.717, 1.165) is 12.2 Å². The number of aromatic nitrogens is 2. The van der Waals surface area contributed by atoms with Gasteiger partial charge in [0.15, 0.2) is 0 Å². The van der Waals surface area contributed by atoms with Crippen LogP contribution in [0.5, 0.6) is 0 Å². The van der Waals surface area contributed by atoms with E-state index in [1.54, 1.807) is 0 Å². The van der Waals surface area contributed by atoms with Gasteiger partial charge in [-0.2, -0.15) is 5.10 Å². The molecule has 0 amide bonds. The van der Waals surface area contributed by atoms with Crippen molar-refractivity contribution in [2.24, 2.45) is 0 Å². The number of rotatable bonds is 4. The summed E-state index contributed by atoms with van der Waals surface area (Å²) in [6, 6.07) is 9.27. The first-order valence-electron chi connectivity index (χ1n) is 7.57. The number of nitrogens with one attached hydrogen (secondary N) is 1. The zero-order valence-corrected chi connectivity index (χ0v) is 12.4. The molecule has 1 fully saturated rings. The predicted octanol–water partition coefficient (Wildman–Crippen LogP) is 4.23. The molecule has 1 aliphatic rings. The van der Waals surface area contributed by atoms with E-state index in [0.29, 0.717) is 6.04 Å². The molecule has 1 saturated carbocycles. The van der Waals surface area contributed by atoms with E-state index in [9.17, 15) is 0 Å². The number of benzene rings is 1. The van der Waals surface area contributed by atoms with Gasteiger partial charge in [0, 0.05) is 11.9 Å². The SMILES string of the molecule is Cc1ccc(C)c(NCc2ccn(C3CCCC3)n2)c1. The number of hydrogen-bond donors (Lipinski definition) is 1. The largest absolute Gasteiger partial charge is 0.379 e. The first-order valence-corrected chi connectivity index (χ1v) is 7.57. The van der Waals surface area contributed by atoms with E-state index in [2.05, 4.69) is 54.3 Å². The summed E-state index contributed by atoms with van der Waals surface area (Å²) in [5.41, 5.74) is 4.90. The molecule has 0 bridgehead atoms. The highest BCUT2D eigenvalue weighted by Crippen LogP contribution is 2.28. The first kappa shape index (κ1) is 13.2. The summed E-state index contributed by atoms with van der Waals surface area (Å²) in [5, 5.41) is 8.21. The fourth-order valence-electron chi connectivity index (χ4n) is 2.96. The van der Waals surface area contributed by atoms with Crippen LogP contribution in [0.15, 0.2) is 30.5 Å². The molecule has 0 atom stereocenters. The number of anilines is 1. The maximum atomic E-state index is 4.71. The minimum atomic E-state index is 0.629. The van der Waals surface area contributed by atoms with Gasteiger partial charge in [-0.05, 0) is 49.9 Å². The topological polar surface area (TPSA) is 29.9 Å². The lowest BCUT2D eigenvalue weighted by Crippen LogP contribution is -2.07. The Morgan fingerprint density at radius 1 is 1.20 bits per heavy atom. The normalized spacial score (nSPS) is 15.7. The second-order valence-electron chi connectivity index (χ2n) is 5.90. The zero-order chi connectivity index (χ0) is 13.9. The minimum Gasteiger partial charge on any atom is -0.379 e. The number of hydrogen-bond acceptors (Lipinski definition) is 2. The molecule has 0 spiro atoms. The molecule has 106 valence electrons. The van der Waals surface area contributed by atoms with Crippen molar-refractivity contribution in [1.82, 2.24) is 9.78 Å². The highest BCUT2D eigenvalue weighted by molar-refractivity contribution is 5.52. The summed E-state index contributed by atoms with van der Waals surface area (Å²) in [4.78, 5) is 0. The Morgan fingerprint density at radius 2 is 2.00 bits per heavy atom. The monoisotopic (exact) mass is 269 g/mol. The maximum absolute atomic E-state index is 4.71. The van der Waals surface area contributed by atoms with Crippen molar-refractivity contribution in [3.63, 3.8) is 0 Å². The Hall–Kier alpha value is -1.77. The van der Waals surface area contributed by atoms with Crippen molar-refractivity contribution < 1.29 is 0 Å². The van der Waals surface area contributed by atoms with Crippen LogP contribution >= 0.6 is 0 Å². The second kappa shape index (κ2) is 5.70. The van der Waals surface area contributed by atoms with Gasteiger partial charge in [-0.1, -0.05) is 25.0 Å². The van der Waals surface area contributed by atoms with E-state index >= 15 is 0 Å². The molecule has 3 nitrogen and oxygen atoms in total. The molecular formula is C17H23N3. The Morgan fingerprint density at radius 3 is 2.80 bits per heavy atom. The van der Waals surface area contributed by atoms with Crippen LogP contribution in [-0.4, -0.2) is 9.78 Å². The lowest BCUT2D eigenvalue weighted by molar-refractivity contribution is 0.463. The van der Waals surface area contributed by atoms with E-state index in [1.807, 2.05) is 0 Å². The smallest absolute Gasteiger partial charge is 0.0815 e. The van der Waals surface area contributed by atoms with Crippen molar-refractivity contribution >= 4 is 5.69 Å². The Balaban J connectivity index is 1.64. The molecule has 2 aromatic rings. The minimum absolute atomic E-state index is 0.629. The van der Waals surface area contributed by atoms with Gasteiger partial charge < -0.3 is 5.32 Å². The fraction of sp³-hybridized carbons (Fsp3) is 0.471. The van der Waals surface area contributed by atoms with Crippen LogP contribution in [0.3, 0.4) is 0 Å². The molecular weight excluding hydrogens is 246 g/mol. The van der Waals surface area contributed by atoms with Crippen LogP contribution in [0.4, 0.5) is 5.69 Å². The second-order valence-corrected chi connectivity index (χ2v) is 5.90. The molecule has 20 heavy (non-hydrogen) atoms. The van der Waals surface area contributed by atoms with Crippen LogP contribution in [0.25, 0.3) is 0 Å². The van der Waals surface area contributed by atoms with Crippen LogP contribution in [-0.2, 0) is 6.54 Å². The number of nitrogens with zero attached hydrogens (tertiary/aromatic N) is 2. The van der Waals surface area contributed by atoms with E-state index in [4.69, 9.17) is 5.10 Å². The van der Waals surface area contributed by atoms with Gasteiger partial charge in [0.1, 0.15) is 0 Å². The maximum Gasteiger partial charge on any atom is 0.0815 e. The molecule has 3 heteroatoms. The summed E-state index contributed by atoms with van der Waals surface area (Å²) in [5.74, 6) is 0. The first-order chi connectivity index (χ1) is 9.72. The van der Waals surface area contributed by atoms with Crippen LogP contribution in [0.2, 0.25) is 0 Å². The summed E-state index contributed by atoms with van der Waals surface area (Å²) in [7, 11) is 0. The summed E-state index contributed by atoms with van der Waals surface area (Å²) < 4.78 is 2.16. The lowest BCUT2D eigenvalue weighted by atomic mass is 10.1. The van der Waals surface area contributed by atoms with Crippen LogP contribution in [0, 0.1) is 13.8 Å². The standard InChI is InChI=1S/C17H23N3/c1-13-7-8-14(2)17(11-13)18-12-15-9-10-20(19-15)16-5-3-4-6-16/h7-11,16,18H,3-6,12H2,1-2H3. The molecule has 1 aliphatic carbocycles. The highest BCUT2D eigenvalue weighted by Gasteiger charge is 2.17. The molecule has 3 rings (SSSR count). The summed E-state index contributed by atoms with van der Waals surface area (Å²) in [6.07, 6.45) is 7.40. The molecule has 0 aliphatic heterocycles. The van der Waals surface area contributed by atoms with Gasteiger partial charge in [-0.25, -0.2) is 0 Å². The predicted molar refractivity (Wildman–Crippen MR) is 83.0 cm³/mol. The van der Waals surface area contributed by atoms with Crippen molar-refractivity contribution in [2.45, 2.75) is 52.1 Å². The Kier molecular flexibility index (Phi) is 3.77. The van der Waals surface area contributed by atoms with Crippen LogP contribution < -0.4 is 5.32 Å². The average molecular weight is 269 g/mol. The molecule has 1 heterocycles. The lowest BCUT2D eigenvalue weighted by Gasteiger charge is -2.10. The van der Waals surface area contributed by atoms with Crippen molar-refractivity contribution in [2.75, 3.05) is 5.32 Å². The Bertz CT molecular complexity index is 580. The van der Waals surface area contributed by atoms with Gasteiger partial charge in [0.25, 0.3) is 0 Å². The quantitative estimate of drug-likeness (QED) is 0.900. The third-order valence-corrected chi connectivity index (χ3v) is 4.22. The van der Waals surface area contributed by atoms with Gasteiger partial charge in [0.05, 0.1) is 18.3 Å². The molecule has 1 aromatic heterocycles. The number of aryl methyl sites for hydroxylation is 2. The third-order valence-electron chi connectivity index (χ3n) is 4.22. The zero-order valence-electron chi connectivity index (χ0n) is 12.4. The van der Waals surface area contributed by atoms with Crippen LogP contribution in [0.1, 0.15) is 48.5 Å². The molecule has 0 radical (unpaired) electrons. The summed E-state index contributed by atoms with van der Waals surface area (Å²) in [6.45, 7) is 5.06. The average Bonchev–Trinajstić information content (AvgIpc) is 3.09. The third kappa shape index (κ3) is 2.87. The van der Waals surface area contributed by atoms with Crippen molar-refractivity contribution in [3.8, 4) is 0 Å². The molecule has 0 unspecified atom stereocenters. The van der Waals surface area contributed by atoms with Gasteiger partial charge in [-0.3, -0.25) is 4.68 Å². The van der Waals surface area contributed by atoms with Crippen molar-refractivity contribution in [3.05, 3.63) is 47.3 Å². The molecule has 1 N–H and O–H groups in total. The van der Waals surface area contributed by atoms with Gasteiger partial charge in [-0.15, -0.1) is 0 Å². The highest BCUT2D eigenvalue weighted by atomic mass is 15.3. The molecule has 1 aromatic carbocycles. The van der Waals surface area contributed by atoms with Crippen molar-refractivity contribution in [1.29, 1.82) is 0 Å². The van der Waals surface area contributed by atoms with E-state index < -0.39 is 0 Å². The van der Waals surface area contributed by atoms with Gasteiger partial charge in [0.2, 0.25) is 0 Å². The summed E-state index contributed by atoms with van der Waals surface area (Å²) >= 11 is 0.